The van der Waals surface area contributed by atoms with Gasteiger partial charge in [0.1, 0.15) is 18.3 Å². The van der Waals surface area contributed by atoms with Gasteiger partial charge in [0.15, 0.2) is 0 Å². The summed E-state index contributed by atoms with van der Waals surface area (Å²) in [5.74, 6) is -0.378. The number of aliphatic carboxylic acids is 1. The number of ether oxygens (including phenoxy) is 1. The molecule has 0 saturated carbocycles. The molecule has 106 valence electrons. The van der Waals surface area contributed by atoms with Crippen LogP contribution in [-0.4, -0.2) is 41.1 Å². The third-order valence-electron chi connectivity index (χ3n) is 4.07. The van der Waals surface area contributed by atoms with Crippen LogP contribution in [0, 0.1) is 0 Å². The normalized spacial score (nSPS) is 24.3. The van der Waals surface area contributed by atoms with Crippen molar-refractivity contribution < 1.29 is 19.4 Å². The average molecular weight is 275 g/mol. The number of likely N-dealkylation sites (tertiary alicyclic amines) is 1. The highest BCUT2D eigenvalue weighted by Gasteiger charge is 2.38. The number of hydrogen-bond acceptors (Lipinski definition) is 3. The molecule has 0 spiro atoms. The van der Waals surface area contributed by atoms with Crippen molar-refractivity contribution in [2.24, 2.45) is 0 Å². The summed E-state index contributed by atoms with van der Waals surface area (Å²) >= 11 is 0. The van der Waals surface area contributed by atoms with Crippen molar-refractivity contribution >= 4 is 11.9 Å². The molecule has 2 unspecified atom stereocenters. The predicted octanol–water partition coefficient (Wildman–Crippen LogP) is 1.63. The van der Waals surface area contributed by atoms with Crippen molar-refractivity contribution in [1.29, 1.82) is 0 Å². The van der Waals surface area contributed by atoms with E-state index >= 15 is 0 Å². The van der Waals surface area contributed by atoms with E-state index in [0.29, 0.717) is 13.2 Å². The Kier molecular flexibility index (Phi) is 3.34. The molecule has 1 N–H and O–H groups in total. The molecule has 5 nitrogen and oxygen atoms in total. The number of benzene rings is 1. The van der Waals surface area contributed by atoms with Crippen LogP contribution < -0.4 is 4.74 Å². The monoisotopic (exact) mass is 275 g/mol. The number of hydrogen-bond donors (Lipinski definition) is 1. The van der Waals surface area contributed by atoms with Crippen molar-refractivity contribution in [3.05, 3.63) is 29.8 Å². The van der Waals surface area contributed by atoms with Crippen molar-refractivity contribution in [3.8, 4) is 5.75 Å². The van der Waals surface area contributed by atoms with Crippen LogP contribution in [-0.2, 0) is 9.59 Å². The summed E-state index contributed by atoms with van der Waals surface area (Å²) in [7, 11) is 0. The smallest absolute Gasteiger partial charge is 0.305 e. The summed E-state index contributed by atoms with van der Waals surface area (Å²) in [5, 5.41) is 8.93. The van der Waals surface area contributed by atoms with Crippen LogP contribution in [0.2, 0.25) is 0 Å². The average Bonchev–Trinajstić information content (AvgIpc) is 3.03. The fourth-order valence-electron chi connectivity index (χ4n) is 3.11. The van der Waals surface area contributed by atoms with Crippen LogP contribution >= 0.6 is 0 Å². The molecule has 0 aliphatic carbocycles. The Morgan fingerprint density at radius 3 is 2.95 bits per heavy atom. The lowest BCUT2D eigenvalue weighted by molar-refractivity contribution is -0.140. The summed E-state index contributed by atoms with van der Waals surface area (Å²) in [4.78, 5) is 25.3. The number of rotatable bonds is 3. The Bertz CT molecular complexity index is 542. The van der Waals surface area contributed by atoms with Crippen molar-refractivity contribution in [1.82, 2.24) is 4.90 Å². The molecule has 1 aromatic rings. The highest BCUT2D eigenvalue weighted by molar-refractivity contribution is 5.86. The van der Waals surface area contributed by atoms with Gasteiger partial charge in [-0.15, -0.1) is 0 Å². The van der Waals surface area contributed by atoms with Gasteiger partial charge in [0.2, 0.25) is 5.91 Å². The number of nitrogens with zero attached hydrogens (tertiary/aromatic N) is 1. The Morgan fingerprint density at radius 2 is 2.15 bits per heavy atom. The second kappa shape index (κ2) is 5.15. The molecule has 1 saturated heterocycles. The third-order valence-corrected chi connectivity index (χ3v) is 4.07. The van der Waals surface area contributed by atoms with E-state index in [4.69, 9.17) is 9.84 Å². The molecule has 0 bridgehead atoms. The van der Waals surface area contributed by atoms with Gasteiger partial charge in [-0.05, 0) is 18.9 Å². The molecule has 0 aromatic heterocycles. The number of carbonyl (C=O) groups excluding carboxylic acids is 1. The number of carbonyl (C=O) groups is 2. The first-order valence-corrected chi connectivity index (χ1v) is 6.91. The molecule has 3 rings (SSSR count). The maximum atomic E-state index is 12.7. The van der Waals surface area contributed by atoms with Gasteiger partial charge in [0.25, 0.3) is 0 Å². The number of fused-ring (bicyclic) bond motifs is 1. The maximum Gasteiger partial charge on any atom is 0.305 e. The summed E-state index contributed by atoms with van der Waals surface area (Å²) in [6.45, 7) is 1.00. The topological polar surface area (TPSA) is 66.8 Å². The second-order valence-corrected chi connectivity index (χ2v) is 5.33. The Labute approximate surface area is 117 Å². The van der Waals surface area contributed by atoms with Gasteiger partial charge < -0.3 is 14.7 Å². The first kappa shape index (κ1) is 13.0. The molecule has 2 aliphatic heterocycles. The molecule has 2 aliphatic rings. The lowest BCUT2D eigenvalue weighted by atomic mass is 9.99. The highest BCUT2D eigenvalue weighted by atomic mass is 16.5. The summed E-state index contributed by atoms with van der Waals surface area (Å²) in [5.41, 5.74) is 0.915. The zero-order chi connectivity index (χ0) is 14.1. The fraction of sp³-hybridized carbons (Fsp3) is 0.467. The van der Waals surface area contributed by atoms with Crippen LogP contribution in [0.3, 0.4) is 0 Å². The summed E-state index contributed by atoms with van der Waals surface area (Å²) < 4.78 is 5.54. The van der Waals surface area contributed by atoms with E-state index in [1.165, 1.54) is 0 Å². The number of para-hydroxylation sites is 1. The van der Waals surface area contributed by atoms with E-state index < -0.39 is 5.97 Å². The number of carboxylic acid groups (broad SMARTS) is 1. The quantitative estimate of drug-likeness (QED) is 0.910. The van der Waals surface area contributed by atoms with Crippen molar-refractivity contribution in [3.63, 3.8) is 0 Å². The largest absolute Gasteiger partial charge is 0.492 e. The van der Waals surface area contributed by atoms with E-state index in [0.717, 1.165) is 24.2 Å². The van der Waals surface area contributed by atoms with Gasteiger partial charge in [0.05, 0.1) is 6.42 Å². The third kappa shape index (κ3) is 2.24. The molecular formula is C15H17NO4. The van der Waals surface area contributed by atoms with E-state index in [9.17, 15) is 9.59 Å². The molecule has 2 atom stereocenters. The molecular weight excluding hydrogens is 258 g/mol. The van der Waals surface area contributed by atoms with Crippen LogP contribution in [0.5, 0.6) is 5.75 Å². The minimum atomic E-state index is -0.849. The lowest BCUT2D eigenvalue weighted by Gasteiger charge is -2.26. The van der Waals surface area contributed by atoms with Crippen molar-refractivity contribution in [2.45, 2.75) is 31.2 Å². The van der Waals surface area contributed by atoms with Gasteiger partial charge in [-0.3, -0.25) is 9.59 Å². The van der Waals surface area contributed by atoms with Crippen molar-refractivity contribution in [2.75, 3.05) is 13.2 Å². The molecule has 5 heteroatoms. The minimum absolute atomic E-state index is 0.00120. The molecule has 1 aromatic carbocycles. The van der Waals surface area contributed by atoms with Crippen LogP contribution in [0.15, 0.2) is 24.3 Å². The van der Waals surface area contributed by atoms with Gasteiger partial charge in [0, 0.05) is 18.2 Å². The molecule has 0 radical (unpaired) electrons. The Hall–Kier alpha value is -2.04. The predicted molar refractivity (Wildman–Crippen MR) is 71.7 cm³/mol. The van der Waals surface area contributed by atoms with Crippen LogP contribution in [0.25, 0.3) is 0 Å². The molecule has 2 heterocycles. The Balaban J connectivity index is 1.78. The number of amides is 1. The molecule has 20 heavy (non-hydrogen) atoms. The minimum Gasteiger partial charge on any atom is -0.492 e. The Morgan fingerprint density at radius 1 is 1.35 bits per heavy atom. The lowest BCUT2D eigenvalue weighted by Crippen LogP contribution is -2.40. The van der Waals surface area contributed by atoms with Crippen LogP contribution in [0.4, 0.5) is 0 Å². The second-order valence-electron chi connectivity index (χ2n) is 5.33. The van der Waals surface area contributed by atoms with Gasteiger partial charge in [-0.25, -0.2) is 0 Å². The van der Waals surface area contributed by atoms with Crippen LogP contribution in [0.1, 0.15) is 30.7 Å². The van der Waals surface area contributed by atoms with E-state index in [1.807, 2.05) is 24.3 Å². The standard InChI is InChI=1S/C15H17NO4/c17-14(18)8-10-4-3-7-16(10)15(19)12-9-20-13-6-2-1-5-11(12)13/h1-2,5-6,10,12H,3-4,7-9H2,(H,17,18). The van der Waals surface area contributed by atoms with Gasteiger partial charge >= 0.3 is 5.97 Å². The zero-order valence-electron chi connectivity index (χ0n) is 11.1. The summed E-state index contributed by atoms with van der Waals surface area (Å²) in [6.07, 6.45) is 1.67. The maximum absolute atomic E-state index is 12.7. The zero-order valence-corrected chi connectivity index (χ0v) is 11.1. The fourth-order valence-corrected chi connectivity index (χ4v) is 3.11. The molecule has 1 amide bonds. The first-order valence-electron chi connectivity index (χ1n) is 6.91. The molecule has 1 fully saturated rings. The van der Waals surface area contributed by atoms with E-state index in [2.05, 4.69) is 0 Å². The first-order chi connectivity index (χ1) is 9.66. The summed E-state index contributed by atoms with van der Waals surface area (Å²) in [6, 6.07) is 7.38. The number of carboxylic acids is 1. The van der Waals surface area contributed by atoms with Gasteiger partial charge in [-0.1, -0.05) is 18.2 Å². The van der Waals surface area contributed by atoms with E-state index in [-0.39, 0.29) is 24.3 Å². The highest BCUT2D eigenvalue weighted by Crippen LogP contribution is 2.36. The SMILES string of the molecule is O=C(O)CC1CCCN1C(=O)C1COc2ccccc21. The van der Waals surface area contributed by atoms with E-state index in [1.54, 1.807) is 4.90 Å². The van der Waals surface area contributed by atoms with Gasteiger partial charge in [-0.2, -0.15) is 0 Å².